The summed E-state index contributed by atoms with van der Waals surface area (Å²) in [5.41, 5.74) is 1.90. The molecule has 0 aliphatic carbocycles. The zero-order chi connectivity index (χ0) is 14.3. The molecule has 1 heterocycles. The van der Waals surface area contributed by atoms with Crippen LogP contribution in [0.3, 0.4) is 0 Å². The Balaban J connectivity index is 2.01. The molecule has 0 saturated heterocycles. The van der Waals surface area contributed by atoms with Crippen molar-refractivity contribution in [3.8, 4) is 0 Å². The zero-order valence-corrected chi connectivity index (χ0v) is 12.4. The summed E-state index contributed by atoms with van der Waals surface area (Å²) < 4.78 is 0.929. The second-order valence-corrected chi connectivity index (χ2v) is 5.67. The maximum Gasteiger partial charge on any atom is 0.262 e. The largest absolute Gasteiger partial charge is 0.269 e. The number of rotatable bonds is 2. The van der Waals surface area contributed by atoms with Crippen LogP contribution in [0.1, 0.15) is 39.2 Å². The second-order valence-electron chi connectivity index (χ2n) is 4.76. The molecule has 0 fully saturated rings. The summed E-state index contributed by atoms with van der Waals surface area (Å²) in [7, 11) is 0. The maximum atomic E-state index is 12.4. The molecule has 20 heavy (non-hydrogen) atoms. The predicted molar refractivity (Wildman–Crippen MR) is 79.5 cm³/mol. The van der Waals surface area contributed by atoms with E-state index in [4.69, 9.17) is 0 Å². The van der Waals surface area contributed by atoms with Crippen LogP contribution in [0.4, 0.5) is 0 Å². The molecule has 0 spiro atoms. The van der Waals surface area contributed by atoms with Crippen LogP contribution in [0.2, 0.25) is 0 Å². The molecule has 2 amide bonds. The quantitative estimate of drug-likeness (QED) is 0.786. The van der Waals surface area contributed by atoms with Gasteiger partial charge in [-0.1, -0.05) is 40.2 Å². The summed E-state index contributed by atoms with van der Waals surface area (Å²) in [6.07, 6.45) is 0. The van der Waals surface area contributed by atoms with Crippen LogP contribution in [0.5, 0.6) is 0 Å². The highest BCUT2D eigenvalue weighted by molar-refractivity contribution is 9.10. The molecule has 0 N–H and O–H groups in total. The van der Waals surface area contributed by atoms with Crippen LogP contribution in [-0.2, 0) is 0 Å². The molecule has 0 bridgehead atoms. The number of carbonyl (C=O) groups excluding carboxylic acids is 2. The predicted octanol–water partition coefficient (Wildman–Crippen LogP) is 3.81. The van der Waals surface area contributed by atoms with Crippen molar-refractivity contribution in [2.24, 2.45) is 0 Å². The van der Waals surface area contributed by atoms with Crippen molar-refractivity contribution >= 4 is 27.7 Å². The molecule has 1 aliphatic rings. The first-order valence-electron chi connectivity index (χ1n) is 6.32. The van der Waals surface area contributed by atoms with Crippen LogP contribution >= 0.6 is 15.9 Å². The van der Waals surface area contributed by atoms with Crippen molar-refractivity contribution in [1.82, 2.24) is 4.90 Å². The lowest BCUT2D eigenvalue weighted by molar-refractivity contribution is 0.0595. The van der Waals surface area contributed by atoms with Crippen molar-refractivity contribution in [1.29, 1.82) is 0 Å². The van der Waals surface area contributed by atoms with E-state index in [0.29, 0.717) is 11.1 Å². The van der Waals surface area contributed by atoms with E-state index in [1.54, 1.807) is 24.3 Å². The van der Waals surface area contributed by atoms with Gasteiger partial charge in [0.05, 0.1) is 17.2 Å². The minimum absolute atomic E-state index is 0.224. The monoisotopic (exact) mass is 329 g/mol. The molecule has 0 radical (unpaired) electrons. The first kappa shape index (κ1) is 13.1. The van der Waals surface area contributed by atoms with Crippen molar-refractivity contribution in [2.45, 2.75) is 13.0 Å². The summed E-state index contributed by atoms with van der Waals surface area (Å²) in [6, 6.07) is 14.3. The highest BCUT2D eigenvalue weighted by Gasteiger charge is 2.38. The van der Waals surface area contributed by atoms with Crippen LogP contribution in [0, 0.1) is 0 Å². The lowest BCUT2D eigenvalue weighted by Gasteiger charge is -2.23. The lowest BCUT2D eigenvalue weighted by Crippen LogP contribution is -2.32. The molecular formula is C16H12BrNO2. The smallest absolute Gasteiger partial charge is 0.262 e. The fourth-order valence-electron chi connectivity index (χ4n) is 2.48. The van der Waals surface area contributed by atoms with Gasteiger partial charge in [-0.25, -0.2) is 0 Å². The van der Waals surface area contributed by atoms with Gasteiger partial charge in [-0.2, -0.15) is 0 Å². The Labute approximate surface area is 125 Å². The number of carbonyl (C=O) groups is 2. The molecule has 100 valence electrons. The first-order valence-corrected chi connectivity index (χ1v) is 7.11. The Morgan fingerprint density at radius 3 is 2.10 bits per heavy atom. The number of imide groups is 1. The average Bonchev–Trinajstić information content (AvgIpc) is 2.71. The Bertz CT molecular complexity index is 676. The highest BCUT2D eigenvalue weighted by Crippen LogP contribution is 2.31. The van der Waals surface area contributed by atoms with Crippen LogP contribution < -0.4 is 0 Å². The van der Waals surface area contributed by atoms with Gasteiger partial charge in [-0.3, -0.25) is 14.5 Å². The molecule has 0 aromatic heterocycles. The summed E-state index contributed by atoms with van der Waals surface area (Å²) in [5, 5.41) is 0. The summed E-state index contributed by atoms with van der Waals surface area (Å²) >= 11 is 3.41. The topological polar surface area (TPSA) is 37.4 Å². The molecule has 1 atom stereocenters. The molecule has 2 aromatic carbocycles. The Morgan fingerprint density at radius 1 is 0.950 bits per heavy atom. The number of benzene rings is 2. The normalized spacial score (nSPS) is 15.4. The van der Waals surface area contributed by atoms with Gasteiger partial charge in [0.25, 0.3) is 11.8 Å². The van der Waals surface area contributed by atoms with Crippen molar-refractivity contribution < 1.29 is 9.59 Å². The third kappa shape index (κ3) is 1.96. The van der Waals surface area contributed by atoms with E-state index in [2.05, 4.69) is 15.9 Å². The van der Waals surface area contributed by atoms with Gasteiger partial charge in [0.2, 0.25) is 0 Å². The number of fused-ring (bicyclic) bond motifs is 1. The zero-order valence-electron chi connectivity index (χ0n) is 10.8. The first-order chi connectivity index (χ1) is 9.59. The van der Waals surface area contributed by atoms with Crippen LogP contribution in [0.25, 0.3) is 0 Å². The Kier molecular flexibility index (Phi) is 3.18. The minimum atomic E-state index is -0.292. The molecule has 0 saturated carbocycles. The van der Waals surface area contributed by atoms with E-state index in [9.17, 15) is 9.59 Å². The number of halogens is 1. The second kappa shape index (κ2) is 4.87. The van der Waals surface area contributed by atoms with Crippen molar-refractivity contribution in [2.75, 3.05) is 0 Å². The average molecular weight is 330 g/mol. The molecule has 1 aliphatic heterocycles. The van der Waals surface area contributed by atoms with E-state index in [1.165, 1.54) is 4.90 Å². The third-order valence-corrected chi connectivity index (χ3v) is 4.04. The highest BCUT2D eigenvalue weighted by atomic mass is 79.9. The Hall–Kier alpha value is -1.94. The van der Waals surface area contributed by atoms with Gasteiger partial charge in [-0.05, 0) is 36.8 Å². The Morgan fingerprint density at radius 2 is 1.55 bits per heavy atom. The van der Waals surface area contributed by atoms with E-state index in [0.717, 1.165) is 10.0 Å². The van der Waals surface area contributed by atoms with Gasteiger partial charge in [0, 0.05) is 4.47 Å². The van der Waals surface area contributed by atoms with E-state index >= 15 is 0 Å². The molecule has 1 unspecified atom stereocenters. The van der Waals surface area contributed by atoms with Gasteiger partial charge < -0.3 is 0 Å². The van der Waals surface area contributed by atoms with E-state index in [1.807, 2.05) is 31.2 Å². The SMILES string of the molecule is CC(c1cccc(Br)c1)N1C(=O)c2ccccc2C1=O. The summed E-state index contributed by atoms with van der Waals surface area (Å²) in [4.78, 5) is 26.1. The summed E-state index contributed by atoms with van der Waals surface area (Å²) in [5.74, 6) is -0.448. The van der Waals surface area contributed by atoms with Crippen molar-refractivity contribution in [3.05, 3.63) is 69.7 Å². The molecule has 4 heteroatoms. The van der Waals surface area contributed by atoms with Crippen LogP contribution in [0.15, 0.2) is 53.0 Å². The van der Waals surface area contributed by atoms with Gasteiger partial charge in [0.15, 0.2) is 0 Å². The maximum absolute atomic E-state index is 12.4. The molecule has 2 aromatic rings. The molecular weight excluding hydrogens is 318 g/mol. The lowest BCUT2D eigenvalue weighted by atomic mass is 10.1. The molecule has 3 nitrogen and oxygen atoms in total. The number of hydrogen-bond acceptors (Lipinski definition) is 2. The summed E-state index contributed by atoms with van der Waals surface area (Å²) in [6.45, 7) is 1.86. The third-order valence-electron chi connectivity index (χ3n) is 3.54. The number of nitrogens with zero attached hydrogens (tertiary/aromatic N) is 1. The fraction of sp³-hybridized carbons (Fsp3) is 0.125. The van der Waals surface area contributed by atoms with E-state index in [-0.39, 0.29) is 17.9 Å². The van der Waals surface area contributed by atoms with Crippen LogP contribution in [-0.4, -0.2) is 16.7 Å². The minimum Gasteiger partial charge on any atom is -0.269 e. The standard InChI is InChI=1S/C16H12BrNO2/c1-10(11-5-4-6-12(17)9-11)18-15(19)13-7-2-3-8-14(13)16(18)20/h2-10H,1H3. The van der Waals surface area contributed by atoms with Crippen molar-refractivity contribution in [3.63, 3.8) is 0 Å². The number of amides is 2. The van der Waals surface area contributed by atoms with E-state index < -0.39 is 0 Å². The van der Waals surface area contributed by atoms with Gasteiger partial charge >= 0.3 is 0 Å². The number of hydrogen-bond donors (Lipinski definition) is 0. The van der Waals surface area contributed by atoms with Gasteiger partial charge in [0.1, 0.15) is 0 Å². The van der Waals surface area contributed by atoms with Gasteiger partial charge in [-0.15, -0.1) is 0 Å². The fourth-order valence-corrected chi connectivity index (χ4v) is 2.89. The molecule has 3 rings (SSSR count).